The van der Waals surface area contributed by atoms with Crippen LogP contribution >= 0.6 is 23.2 Å². The Balaban J connectivity index is 1.64. The van der Waals surface area contributed by atoms with Crippen LogP contribution < -0.4 is 18.9 Å². The zero-order chi connectivity index (χ0) is 23.1. The van der Waals surface area contributed by atoms with Crippen LogP contribution in [0.1, 0.15) is 35.4 Å². The Labute approximate surface area is 202 Å². The van der Waals surface area contributed by atoms with Gasteiger partial charge in [-0.3, -0.25) is 0 Å². The summed E-state index contributed by atoms with van der Waals surface area (Å²) in [5.74, 6) is 2.53. The van der Waals surface area contributed by atoms with Crippen LogP contribution in [0, 0.1) is 0 Å². The molecular formula is C25H22Cl2N2O4. The molecule has 0 bridgehead atoms. The van der Waals surface area contributed by atoms with Gasteiger partial charge >= 0.3 is 0 Å². The highest BCUT2D eigenvalue weighted by atomic mass is 35.5. The molecule has 0 unspecified atom stereocenters. The molecular weight excluding hydrogens is 463 g/mol. The van der Waals surface area contributed by atoms with Crippen LogP contribution in [-0.2, 0) is 0 Å². The summed E-state index contributed by atoms with van der Waals surface area (Å²) in [7, 11) is 4.81. The predicted molar refractivity (Wildman–Crippen MR) is 128 cm³/mol. The van der Waals surface area contributed by atoms with E-state index in [2.05, 4.69) is 0 Å². The molecule has 2 heterocycles. The van der Waals surface area contributed by atoms with E-state index >= 15 is 0 Å². The van der Waals surface area contributed by atoms with Gasteiger partial charge in [0.2, 0.25) is 6.23 Å². The molecule has 0 amide bonds. The maximum Gasteiger partial charge on any atom is 0.217 e. The molecule has 170 valence electrons. The highest BCUT2D eigenvalue weighted by Gasteiger charge is 2.42. The third-order valence-corrected chi connectivity index (χ3v) is 6.42. The van der Waals surface area contributed by atoms with E-state index in [4.69, 9.17) is 47.3 Å². The minimum atomic E-state index is -0.539. The first-order chi connectivity index (χ1) is 16.0. The van der Waals surface area contributed by atoms with Gasteiger partial charge in [0, 0.05) is 28.1 Å². The first kappa shape index (κ1) is 21.7. The van der Waals surface area contributed by atoms with Crippen molar-refractivity contribution in [3.8, 4) is 23.0 Å². The molecule has 3 aromatic rings. The molecule has 0 N–H and O–H groups in total. The monoisotopic (exact) mass is 484 g/mol. The second-order valence-electron chi connectivity index (χ2n) is 7.76. The number of hydrogen-bond donors (Lipinski definition) is 0. The molecule has 8 heteroatoms. The molecule has 0 saturated carbocycles. The van der Waals surface area contributed by atoms with E-state index in [9.17, 15) is 0 Å². The number of methoxy groups -OCH3 is 3. The molecule has 2 aliphatic rings. The van der Waals surface area contributed by atoms with Crippen molar-refractivity contribution in [1.82, 2.24) is 5.01 Å². The van der Waals surface area contributed by atoms with Crippen LogP contribution in [0.15, 0.2) is 59.7 Å². The average Bonchev–Trinajstić information content (AvgIpc) is 3.29. The number of rotatable bonds is 5. The maximum atomic E-state index is 6.47. The third-order valence-electron chi connectivity index (χ3n) is 5.93. The van der Waals surface area contributed by atoms with Crippen LogP contribution in [0.3, 0.4) is 0 Å². The van der Waals surface area contributed by atoms with E-state index in [1.807, 2.05) is 53.5 Å². The van der Waals surface area contributed by atoms with Crippen molar-refractivity contribution in [2.45, 2.75) is 18.7 Å². The molecule has 0 saturated heterocycles. The lowest BCUT2D eigenvalue weighted by Crippen LogP contribution is -2.34. The van der Waals surface area contributed by atoms with Gasteiger partial charge in [0.25, 0.3) is 0 Å². The SMILES string of the molecule is COc1cc(OC)c([C@H]2Oc3ccc(Cl)cc3[C@H]3CC(c4ccc(Cl)cc4)=NN32)cc1OC. The van der Waals surface area contributed by atoms with Gasteiger partial charge < -0.3 is 18.9 Å². The van der Waals surface area contributed by atoms with E-state index in [1.54, 1.807) is 27.4 Å². The zero-order valence-corrected chi connectivity index (χ0v) is 19.9. The highest BCUT2D eigenvalue weighted by molar-refractivity contribution is 6.31. The first-order valence-corrected chi connectivity index (χ1v) is 11.2. The van der Waals surface area contributed by atoms with Crippen molar-refractivity contribution in [1.29, 1.82) is 0 Å². The molecule has 0 fully saturated rings. The van der Waals surface area contributed by atoms with E-state index in [0.717, 1.165) is 28.2 Å². The van der Waals surface area contributed by atoms with Crippen molar-refractivity contribution < 1.29 is 18.9 Å². The summed E-state index contributed by atoms with van der Waals surface area (Å²) in [5.41, 5.74) is 3.72. The smallest absolute Gasteiger partial charge is 0.217 e. The Hall–Kier alpha value is -3.09. The van der Waals surface area contributed by atoms with E-state index < -0.39 is 6.23 Å². The van der Waals surface area contributed by atoms with Gasteiger partial charge in [-0.2, -0.15) is 5.10 Å². The normalized spacial score (nSPS) is 18.7. The van der Waals surface area contributed by atoms with Crippen LogP contribution in [0.5, 0.6) is 23.0 Å². The molecule has 0 aromatic heterocycles. The Morgan fingerprint density at radius 2 is 1.48 bits per heavy atom. The summed E-state index contributed by atoms with van der Waals surface area (Å²) in [6.07, 6.45) is 0.160. The van der Waals surface area contributed by atoms with Gasteiger partial charge in [-0.15, -0.1) is 0 Å². The molecule has 6 nitrogen and oxygen atoms in total. The van der Waals surface area contributed by atoms with E-state index in [0.29, 0.717) is 33.7 Å². The Morgan fingerprint density at radius 3 is 2.18 bits per heavy atom. The molecule has 0 spiro atoms. The number of ether oxygens (including phenoxy) is 4. The Kier molecular flexibility index (Phi) is 5.72. The number of hydrazone groups is 1. The molecule has 33 heavy (non-hydrogen) atoms. The lowest BCUT2D eigenvalue weighted by Gasteiger charge is -2.38. The van der Waals surface area contributed by atoms with Gasteiger partial charge in [-0.05, 0) is 42.0 Å². The number of fused-ring (bicyclic) bond motifs is 3. The average molecular weight is 485 g/mol. The van der Waals surface area contributed by atoms with Gasteiger partial charge in [-0.25, -0.2) is 5.01 Å². The van der Waals surface area contributed by atoms with E-state index in [1.165, 1.54) is 0 Å². The standard InChI is InChI=1S/C25H22Cl2N2O4/c1-30-22-13-24(32-3)23(31-2)11-18(22)25-29-20(17-10-16(27)8-9-21(17)33-25)12-19(28-29)14-4-6-15(26)7-5-14/h4-11,13,20,25H,12H2,1-3H3/t20-,25-/m1/s1. The minimum absolute atomic E-state index is 0.0547. The molecule has 2 aliphatic heterocycles. The molecule has 0 aliphatic carbocycles. The van der Waals surface area contributed by atoms with Crippen molar-refractivity contribution in [3.05, 3.63) is 81.3 Å². The summed E-state index contributed by atoms with van der Waals surface area (Å²) in [6.45, 7) is 0. The molecule has 0 radical (unpaired) electrons. The fourth-order valence-corrected chi connectivity index (χ4v) is 4.63. The zero-order valence-electron chi connectivity index (χ0n) is 18.3. The Morgan fingerprint density at radius 1 is 0.818 bits per heavy atom. The predicted octanol–water partition coefficient (Wildman–Crippen LogP) is 6.26. The van der Waals surface area contributed by atoms with Crippen LogP contribution in [0.2, 0.25) is 10.0 Å². The van der Waals surface area contributed by atoms with E-state index in [-0.39, 0.29) is 6.04 Å². The van der Waals surface area contributed by atoms with Crippen molar-refractivity contribution in [2.75, 3.05) is 21.3 Å². The number of nitrogens with zero attached hydrogens (tertiary/aromatic N) is 2. The number of halogens is 2. The number of benzene rings is 3. The summed E-state index contributed by atoms with van der Waals surface area (Å²) < 4.78 is 23.2. The topological polar surface area (TPSA) is 52.5 Å². The molecule has 3 aromatic carbocycles. The second kappa shape index (κ2) is 8.69. The minimum Gasteiger partial charge on any atom is -0.496 e. The van der Waals surface area contributed by atoms with Crippen LogP contribution in [0.4, 0.5) is 0 Å². The van der Waals surface area contributed by atoms with Gasteiger partial charge in [0.05, 0.1) is 38.6 Å². The first-order valence-electron chi connectivity index (χ1n) is 10.4. The largest absolute Gasteiger partial charge is 0.496 e. The Bertz CT molecular complexity index is 1230. The second-order valence-corrected chi connectivity index (χ2v) is 8.63. The third kappa shape index (κ3) is 3.83. The summed E-state index contributed by atoms with van der Waals surface area (Å²) in [6, 6.07) is 17.0. The van der Waals surface area contributed by atoms with Crippen LogP contribution in [0.25, 0.3) is 0 Å². The van der Waals surface area contributed by atoms with Crippen molar-refractivity contribution in [3.63, 3.8) is 0 Å². The molecule has 5 rings (SSSR count). The van der Waals surface area contributed by atoms with Crippen LogP contribution in [-0.4, -0.2) is 32.0 Å². The van der Waals surface area contributed by atoms with Gasteiger partial charge in [0.15, 0.2) is 11.5 Å². The lowest BCUT2D eigenvalue weighted by molar-refractivity contribution is -0.0204. The summed E-state index contributed by atoms with van der Waals surface area (Å²) >= 11 is 12.4. The fourth-order valence-electron chi connectivity index (χ4n) is 4.33. The lowest BCUT2D eigenvalue weighted by atomic mass is 9.95. The summed E-state index contributed by atoms with van der Waals surface area (Å²) in [5, 5.41) is 8.28. The van der Waals surface area contributed by atoms with Gasteiger partial charge in [0.1, 0.15) is 11.5 Å². The summed E-state index contributed by atoms with van der Waals surface area (Å²) in [4.78, 5) is 0. The quantitative estimate of drug-likeness (QED) is 0.427. The van der Waals surface area contributed by atoms with Gasteiger partial charge in [-0.1, -0.05) is 35.3 Å². The highest BCUT2D eigenvalue weighted by Crippen LogP contribution is 2.50. The van der Waals surface area contributed by atoms with Crippen molar-refractivity contribution in [2.24, 2.45) is 5.10 Å². The molecule has 2 atom stereocenters. The van der Waals surface area contributed by atoms with Crippen molar-refractivity contribution >= 4 is 28.9 Å². The maximum absolute atomic E-state index is 6.47. The number of hydrogen-bond acceptors (Lipinski definition) is 6. The fraction of sp³-hybridized carbons (Fsp3) is 0.240.